The van der Waals surface area contributed by atoms with Crippen molar-refractivity contribution in [3.05, 3.63) is 53.1 Å². The minimum atomic E-state index is -0.539. The Balaban J connectivity index is 1.73. The van der Waals surface area contributed by atoms with Crippen molar-refractivity contribution in [2.45, 2.75) is 63.3 Å². The molecule has 2 aromatic rings. The summed E-state index contributed by atoms with van der Waals surface area (Å²) in [7, 11) is 3.25. The smallest absolute Gasteiger partial charge is 0.254 e. The number of methoxy groups -OCH3 is 1. The van der Waals surface area contributed by atoms with Gasteiger partial charge in [-0.1, -0.05) is 31.4 Å². The number of hydrogen-bond acceptors (Lipinski definition) is 5. The second kappa shape index (κ2) is 9.27. The van der Waals surface area contributed by atoms with E-state index >= 15 is 0 Å². The molecule has 2 amide bonds. The normalized spacial score (nSPS) is 20.1. The van der Waals surface area contributed by atoms with Crippen LogP contribution in [0.15, 0.2) is 30.5 Å². The molecular formula is C25H32N4O3. The lowest BCUT2D eigenvalue weighted by Gasteiger charge is -2.41. The Morgan fingerprint density at radius 1 is 1.12 bits per heavy atom. The molecule has 1 unspecified atom stereocenters. The van der Waals surface area contributed by atoms with Gasteiger partial charge in [-0.3, -0.25) is 9.59 Å². The quantitative estimate of drug-likeness (QED) is 0.772. The molecule has 2 heterocycles. The molecule has 1 atom stereocenters. The van der Waals surface area contributed by atoms with Crippen LogP contribution in [-0.4, -0.2) is 47.4 Å². The van der Waals surface area contributed by atoms with Gasteiger partial charge in [-0.25, -0.2) is 9.97 Å². The summed E-state index contributed by atoms with van der Waals surface area (Å²) in [6.07, 6.45) is 8.17. The van der Waals surface area contributed by atoms with Gasteiger partial charge in [0.15, 0.2) is 0 Å². The van der Waals surface area contributed by atoms with E-state index in [2.05, 4.69) is 15.3 Å². The fraction of sp³-hybridized carbons (Fsp3) is 0.520. The summed E-state index contributed by atoms with van der Waals surface area (Å²) >= 11 is 0. The highest BCUT2D eigenvalue weighted by Crippen LogP contribution is 2.45. The monoisotopic (exact) mass is 436 g/mol. The summed E-state index contributed by atoms with van der Waals surface area (Å²) in [5.74, 6) is 1.33. The second-order valence-electron chi connectivity index (χ2n) is 8.82. The summed E-state index contributed by atoms with van der Waals surface area (Å²) in [5.41, 5.74) is 1.62. The molecule has 1 aliphatic heterocycles. The number of likely N-dealkylation sites (tertiary alicyclic amines) is 1. The molecule has 2 fully saturated rings. The molecular weight excluding hydrogens is 404 g/mol. The van der Waals surface area contributed by atoms with Crippen LogP contribution in [0.2, 0.25) is 0 Å². The highest BCUT2D eigenvalue weighted by Gasteiger charge is 2.47. The Bertz CT molecular complexity index is 983. The number of carbonyl (C=O) groups excluding carboxylic acids is 2. The first kappa shape index (κ1) is 22.2. The van der Waals surface area contributed by atoms with Crippen molar-refractivity contribution in [1.29, 1.82) is 0 Å². The van der Waals surface area contributed by atoms with Gasteiger partial charge in [0.1, 0.15) is 11.6 Å². The van der Waals surface area contributed by atoms with Crippen LogP contribution in [0.25, 0.3) is 0 Å². The molecule has 7 heteroatoms. The number of aromatic nitrogens is 2. The minimum absolute atomic E-state index is 0.156. The van der Waals surface area contributed by atoms with Crippen LogP contribution in [0.1, 0.15) is 78.4 Å². The molecule has 7 nitrogen and oxygen atoms in total. The van der Waals surface area contributed by atoms with E-state index in [1.165, 1.54) is 0 Å². The maximum atomic E-state index is 14.2. The molecule has 1 saturated carbocycles. The predicted molar refractivity (Wildman–Crippen MR) is 122 cm³/mol. The zero-order valence-electron chi connectivity index (χ0n) is 19.2. The number of hydrogen-bond donors (Lipinski definition) is 1. The van der Waals surface area contributed by atoms with E-state index in [1.807, 2.05) is 36.1 Å². The van der Waals surface area contributed by atoms with Crippen molar-refractivity contribution in [1.82, 2.24) is 20.2 Å². The molecule has 170 valence electrons. The molecule has 2 aliphatic rings. The van der Waals surface area contributed by atoms with E-state index in [9.17, 15) is 9.59 Å². The standard InChI is InChI=1S/C25H32N4O3/c1-17-27-16-20(23(30)26-2)22(28-17)21-8-7-15-29(21)24(31)25(13-5-4-6-14-25)18-9-11-19(32-3)12-10-18/h9-12,16,21H,4-8,13-15H2,1-3H3,(H,26,30). The molecule has 0 spiro atoms. The van der Waals surface area contributed by atoms with Gasteiger partial charge in [0, 0.05) is 19.8 Å². The summed E-state index contributed by atoms with van der Waals surface area (Å²) < 4.78 is 5.33. The second-order valence-corrected chi connectivity index (χ2v) is 8.82. The zero-order chi connectivity index (χ0) is 22.7. The summed E-state index contributed by atoms with van der Waals surface area (Å²) in [4.78, 5) is 37.6. The van der Waals surface area contributed by atoms with Gasteiger partial charge in [-0.2, -0.15) is 0 Å². The number of benzene rings is 1. The lowest BCUT2D eigenvalue weighted by atomic mass is 9.68. The van der Waals surface area contributed by atoms with Gasteiger partial charge in [0.2, 0.25) is 5.91 Å². The third kappa shape index (κ3) is 3.96. The van der Waals surface area contributed by atoms with E-state index in [0.29, 0.717) is 23.6 Å². The van der Waals surface area contributed by atoms with Gasteiger partial charge < -0.3 is 15.0 Å². The number of ether oxygens (including phenoxy) is 1. The molecule has 1 saturated heterocycles. The molecule has 1 N–H and O–H groups in total. The van der Waals surface area contributed by atoms with Gasteiger partial charge >= 0.3 is 0 Å². The Labute approximate surface area is 189 Å². The van der Waals surface area contributed by atoms with Gasteiger partial charge in [0.05, 0.1) is 29.8 Å². The maximum absolute atomic E-state index is 14.2. The summed E-state index contributed by atoms with van der Waals surface area (Å²) in [6, 6.07) is 7.75. The fourth-order valence-electron chi connectivity index (χ4n) is 5.31. The highest BCUT2D eigenvalue weighted by molar-refractivity contribution is 5.95. The van der Waals surface area contributed by atoms with Gasteiger partial charge in [-0.05, 0) is 50.3 Å². The predicted octanol–water partition coefficient (Wildman–Crippen LogP) is 3.72. The SMILES string of the molecule is CNC(=O)c1cnc(C)nc1C1CCCN1C(=O)C1(c2ccc(OC)cc2)CCCCC1. The molecule has 4 rings (SSSR count). The van der Waals surface area contributed by atoms with Crippen molar-refractivity contribution >= 4 is 11.8 Å². The Morgan fingerprint density at radius 2 is 1.84 bits per heavy atom. The summed E-state index contributed by atoms with van der Waals surface area (Å²) in [6.45, 7) is 2.50. The zero-order valence-corrected chi connectivity index (χ0v) is 19.2. The van der Waals surface area contributed by atoms with E-state index in [1.54, 1.807) is 20.4 Å². The average Bonchev–Trinajstić information content (AvgIpc) is 3.33. The molecule has 1 aromatic carbocycles. The Hall–Kier alpha value is -2.96. The largest absolute Gasteiger partial charge is 0.497 e. The lowest BCUT2D eigenvalue weighted by Crippen LogP contribution is -2.48. The van der Waals surface area contributed by atoms with Gasteiger partial charge in [0.25, 0.3) is 5.91 Å². The van der Waals surface area contributed by atoms with Crippen LogP contribution in [-0.2, 0) is 10.2 Å². The first-order valence-corrected chi connectivity index (χ1v) is 11.5. The van der Waals surface area contributed by atoms with Crippen molar-refractivity contribution in [2.75, 3.05) is 20.7 Å². The first-order chi connectivity index (χ1) is 15.5. The van der Waals surface area contributed by atoms with Crippen molar-refractivity contribution in [3.63, 3.8) is 0 Å². The van der Waals surface area contributed by atoms with Crippen LogP contribution in [0.3, 0.4) is 0 Å². The maximum Gasteiger partial charge on any atom is 0.254 e. The van der Waals surface area contributed by atoms with Crippen molar-refractivity contribution in [3.8, 4) is 5.75 Å². The molecule has 1 aromatic heterocycles. The number of rotatable bonds is 5. The van der Waals surface area contributed by atoms with E-state index in [4.69, 9.17) is 4.74 Å². The number of nitrogens with zero attached hydrogens (tertiary/aromatic N) is 3. The Morgan fingerprint density at radius 3 is 2.50 bits per heavy atom. The number of nitrogens with one attached hydrogen (secondary N) is 1. The van der Waals surface area contributed by atoms with Crippen LogP contribution in [0.5, 0.6) is 5.75 Å². The minimum Gasteiger partial charge on any atom is -0.497 e. The van der Waals surface area contributed by atoms with E-state index in [-0.39, 0.29) is 17.9 Å². The third-order valence-electron chi connectivity index (χ3n) is 7.00. The fourth-order valence-corrected chi connectivity index (χ4v) is 5.31. The molecule has 0 bridgehead atoms. The topological polar surface area (TPSA) is 84.4 Å². The molecule has 32 heavy (non-hydrogen) atoms. The van der Waals surface area contributed by atoms with Crippen LogP contribution >= 0.6 is 0 Å². The third-order valence-corrected chi connectivity index (χ3v) is 7.00. The van der Waals surface area contributed by atoms with E-state index in [0.717, 1.165) is 56.3 Å². The average molecular weight is 437 g/mol. The molecule has 1 aliphatic carbocycles. The van der Waals surface area contributed by atoms with Crippen LogP contribution < -0.4 is 10.1 Å². The summed E-state index contributed by atoms with van der Waals surface area (Å²) in [5, 5.41) is 2.68. The van der Waals surface area contributed by atoms with Gasteiger partial charge in [-0.15, -0.1) is 0 Å². The molecule has 0 radical (unpaired) electrons. The lowest BCUT2D eigenvalue weighted by molar-refractivity contribution is -0.140. The number of amides is 2. The van der Waals surface area contributed by atoms with Crippen LogP contribution in [0.4, 0.5) is 0 Å². The first-order valence-electron chi connectivity index (χ1n) is 11.5. The van der Waals surface area contributed by atoms with Crippen molar-refractivity contribution < 1.29 is 14.3 Å². The Kier molecular flexibility index (Phi) is 6.44. The number of aryl methyl sites for hydroxylation is 1. The van der Waals surface area contributed by atoms with E-state index < -0.39 is 5.41 Å². The van der Waals surface area contributed by atoms with Crippen LogP contribution in [0, 0.1) is 6.92 Å². The number of carbonyl (C=O) groups is 2. The van der Waals surface area contributed by atoms with Crippen molar-refractivity contribution in [2.24, 2.45) is 0 Å². The highest BCUT2D eigenvalue weighted by atomic mass is 16.5.